The van der Waals surface area contributed by atoms with Crippen LogP contribution in [-0.2, 0) is 16.0 Å². The molecule has 0 amide bonds. The van der Waals surface area contributed by atoms with E-state index < -0.39 is 11.9 Å². The van der Waals surface area contributed by atoms with Crippen LogP contribution >= 0.6 is 0 Å². The van der Waals surface area contributed by atoms with Gasteiger partial charge in [-0.15, -0.1) is 0 Å². The lowest BCUT2D eigenvalue weighted by Crippen LogP contribution is -2.55. The minimum absolute atomic E-state index is 0.180. The molecule has 3 heterocycles. The molecule has 2 N–H and O–H groups in total. The number of fused-ring (bicyclic) bond motifs is 6. The van der Waals surface area contributed by atoms with Gasteiger partial charge >= 0.3 is 5.97 Å². The van der Waals surface area contributed by atoms with Crippen molar-refractivity contribution in [2.45, 2.75) is 45.3 Å². The molecular formula is C23H30N2O3. The fourth-order valence-electron chi connectivity index (χ4n) is 6.51. The second-order valence-electron chi connectivity index (χ2n) is 9.26. The number of aromatic amines is 1. The van der Waals surface area contributed by atoms with E-state index >= 15 is 0 Å². The predicted molar refractivity (Wildman–Crippen MR) is 108 cm³/mol. The first-order valence-electron chi connectivity index (χ1n) is 10.6. The van der Waals surface area contributed by atoms with Crippen LogP contribution in [0, 0.1) is 30.6 Å². The molecule has 5 rings (SSSR count). The summed E-state index contributed by atoms with van der Waals surface area (Å²) in [6.45, 7) is 6.36. The molecule has 5 nitrogen and oxygen atoms in total. The van der Waals surface area contributed by atoms with E-state index in [-0.39, 0.29) is 12.0 Å². The van der Waals surface area contributed by atoms with Gasteiger partial charge in [0.15, 0.2) is 0 Å². The number of nitrogens with one attached hydrogen (secondary N) is 1. The predicted octanol–water partition coefficient (Wildman–Crippen LogP) is 3.77. The molecule has 1 saturated carbocycles. The SMILES string of the molecule is CO[C@@H]1[C@@H](C(=O)O)[C@H]2C[C@H]3c4[nH]c5cc(C)ccc5c4CCN3C[C@@H]2C[C@H]1C. The molecule has 1 aromatic carbocycles. The average molecular weight is 383 g/mol. The number of benzene rings is 1. The zero-order valence-corrected chi connectivity index (χ0v) is 16.9. The number of ether oxygens (including phenoxy) is 1. The van der Waals surface area contributed by atoms with E-state index in [0.717, 1.165) is 32.4 Å². The first-order valence-corrected chi connectivity index (χ1v) is 10.6. The van der Waals surface area contributed by atoms with Crippen molar-refractivity contribution in [2.75, 3.05) is 20.2 Å². The number of aryl methyl sites for hydroxylation is 1. The first-order chi connectivity index (χ1) is 13.5. The number of carboxylic acids is 1. The molecule has 2 aromatic rings. The molecule has 0 unspecified atom stereocenters. The van der Waals surface area contributed by atoms with E-state index in [1.807, 2.05) is 0 Å². The zero-order chi connectivity index (χ0) is 19.6. The molecular weight excluding hydrogens is 352 g/mol. The largest absolute Gasteiger partial charge is 0.481 e. The Bertz CT molecular complexity index is 920. The number of aliphatic carboxylic acids is 1. The average Bonchev–Trinajstić information content (AvgIpc) is 3.03. The number of carboxylic acid groups (broad SMARTS) is 1. The van der Waals surface area contributed by atoms with Crippen molar-refractivity contribution in [3.8, 4) is 0 Å². The van der Waals surface area contributed by atoms with Gasteiger partial charge in [0.1, 0.15) is 0 Å². The van der Waals surface area contributed by atoms with Crippen LogP contribution in [0.15, 0.2) is 18.2 Å². The lowest BCUT2D eigenvalue weighted by molar-refractivity contribution is -0.164. The monoisotopic (exact) mass is 382 g/mol. The fraction of sp³-hybridized carbons (Fsp3) is 0.609. The van der Waals surface area contributed by atoms with Crippen LogP contribution in [0.4, 0.5) is 0 Å². The number of hydrogen-bond donors (Lipinski definition) is 2. The van der Waals surface area contributed by atoms with Crippen molar-refractivity contribution < 1.29 is 14.6 Å². The summed E-state index contributed by atoms with van der Waals surface area (Å²) in [7, 11) is 1.67. The Hall–Kier alpha value is -1.85. The number of nitrogens with zero attached hydrogens (tertiary/aromatic N) is 1. The second-order valence-corrected chi connectivity index (χ2v) is 9.26. The van der Waals surface area contributed by atoms with Gasteiger partial charge in [-0.25, -0.2) is 0 Å². The van der Waals surface area contributed by atoms with Crippen LogP contribution < -0.4 is 0 Å². The van der Waals surface area contributed by atoms with Crippen molar-refractivity contribution >= 4 is 16.9 Å². The summed E-state index contributed by atoms with van der Waals surface area (Å²) >= 11 is 0. The molecule has 0 bridgehead atoms. The lowest BCUT2D eigenvalue weighted by atomic mass is 9.62. The summed E-state index contributed by atoms with van der Waals surface area (Å²) < 4.78 is 5.69. The highest BCUT2D eigenvalue weighted by atomic mass is 16.5. The highest BCUT2D eigenvalue weighted by molar-refractivity contribution is 5.85. The Morgan fingerprint density at radius 2 is 2.14 bits per heavy atom. The topological polar surface area (TPSA) is 65.6 Å². The molecule has 2 fully saturated rings. The zero-order valence-electron chi connectivity index (χ0n) is 16.9. The van der Waals surface area contributed by atoms with E-state index in [4.69, 9.17) is 4.74 Å². The third-order valence-corrected chi connectivity index (χ3v) is 7.70. The molecule has 3 aliphatic rings. The Balaban J connectivity index is 1.53. The molecule has 150 valence electrons. The van der Waals surface area contributed by atoms with Crippen molar-refractivity contribution in [1.29, 1.82) is 0 Å². The van der Waals surface area contributed by atoms with Gasteiger partial charge in [0.2, 0.25) is 0 Å². The molecule has 5 heteroatoms. The van der Waals surface area contributed by atoms with E-state index in [0.29, 0.717) is 17.9 Å². The maximum atomic E-state index is 12.2. The molecule has 1 aliphatic carbocycles. The van der Waals surface area contributed by atoms with Gasteiger partial charge < -0.3 is 14.8 Å². The van der Waals surface area contributed by atoms with E-state index in [1.54, 1.807) is 7.11 Å². The van der Waals surface area contributed by atoms with Gasteiger partial charge in [-0.2, -0.15) is 0 Å². The standard InChI is InChI=1S/C23H30N2O3/c1-12-4-5-15-16-6-7-25-11-14-9-13(2)22(28-3)20(23(26)27)17(14)10-19(25)21(16)24-18(15)8-12/h4-5,8,13-14,17,19-20,22,24H,6-7,9-11H2,1-3H3,(H,26,27)/t13-,14+,17+,19+,20+,22+/m1/s1. The summed E-state index contributed by atoms with van der Waals surface area (Å²) in [5, 5.41) is 11.4. The number of rotatable bonds is 2. The van der Waals surface area contributed by atoms with Gasteiger partial charge in [0.05, 0.1) is 18.1 Å². The Morgan fingerprint density at radius 1 is 1.32 bits per heavy atom. The van der Waals surface area contributed by atoms with Crippen molar-refractivity contribution in [3.63, 3.8) is 0 Å². The number of hydrogen-bond acceptors (Lipinski definition) is 3. The Labute approximate surface area is 166 Å². The van der Waals surface area contributed by atoms with E-state index in [1.165, 1.54) is 27.7 Å². The van der Waals surface area contributed by atoms with Crippen LogP contribution in [0.25, 0.3) is 10.9 Å². The smallest absolute Gasteiger partial charge is 0.309 e. The van der Waals surface area contributed by atoms with Crippen LogP contribution in [0.3, 0.4) is 0 Å². The summed E-state index contributed by atoms with van der Waals surface area (Å²) in [5.41, 5.74) is 5.24. The number of methoxy groups -OCH3 is 1. The number of piperidine rings is 1. The van der Waals surface area contributed by atoms with Gasteiger partial charge in [-0.3, -0.25) is 9.69 Å². The van der Waals surface area contributed by atoms with Gasteiger partial charge in [-0.1, -0.05) is 19.1 Å². The molecule has 28 heavy (non-hydrogen) atoms. The fourth-order valence-corrected chi connectivity index (χ4v) is 6.51. The van der Waals surface area contributed by atoms with Gasteiger partial charge in [0, 0.05) is 36.8 Å². The molecule has 1 saturated heterocycles. The maximum absolute atomic E-state index is 12.2. The molecule has 6 atom stereocenters. The summed E-state index contributed by atoms with van der Waals surface area (Å²) in [5.74, 6) is -0.172. The van der Waals surface area contributed by atoms with Gasteiger partial charge in [-0.05, 0) is 61.1 Å². The molecule has 0 radical (unpaired) electrons. The third-order valence-electron chi connectivity index (χ3n) is 7.70. The first kappa shape index (κ1) is 18.2. The highest BCUT2D eigenvalue weighted by Gasteiger charge is 2.51. The molecule has 1 aromatic heterocycles. The summed E-state index contributed by atoms with van der Waals surface area (Å²) in [6, 6.07) is 6.95. The maximum Gasteiger partial charge on any atom is 0.309 e. The lowest BCUT2D eigenvalue weighted by Gasteiger charge is -2.52. The second kappa shape index (κ2) is 6.60. The summed E-state index contributed by atoms with van der Waals surface area (Å²) in [4.78, 5) is 18.5. The molecule has 0 spiro atoms. The Kier molecular flexibility index (Phi) is 4.29. The molecule has 2 aliphatic heterocycles. The van der Waals surface area contributed by atoms with Crippen LogP contribution in [-0.4, -0.2) is 47.3 Å². The number of H-pyrrole nitrogens is 1. The van der Waals surface area contributed by atoms with Crippen molar-refractivity contribution in [3.05, 3.63) is 35.0 Å². The highest BCUT2D eigenvalue weighted by Crippen LogP contribution is 2.50. The quantitative estimate of drug-likeness (QED) is 0.830. The van der Waals surface area contributed by atoms with Gasteiger partial charge in [0.25, 0.3) is 0 Å². The minimum Gasteiger partial charge on any atom is -0.481 e. The van der Waals surface area contributed by atoms with Crippen LogP contribution in [0.2, 0.25) is 0 Å². The van der Waals surface area contributed by atoms with E-state index in [9.17, 15) is 9.90 Å². The minimum atomic E-state index is -0.690. The third kappa shape index (κ3) is 2.63. The summed E-state index contributed by atoms with van der Waals surface area (Å²) in [6.07, 6.45) is 2.87. The van der Waals surface area contributed by atoms with Crippen molar-refractivity contribution in [2.24, 2.45) is 23.7 Å². The Morgan fingerprint density at radius 3 is 2.89 bits per heavy atom. The number of aromatic nitrogens is 1. The normalized spacial score (nSPS) is 35.2. The van der Waals surface area contributed by atoms with Crippen molar-refractivity contribution in [1.82, 2.24) is 9.88 Å². The van der Waals surface area contributed by atoms with Crippen LogP contribution in [0.1, 0.15) is 42.6 Å². The van der Waals surface area contributed by atoms with Crippen LogP contribution in [0.5, 0.6) is 0 Å². The number of carbonyl (C=O) groups is 1. The van der Waals surface area contributed by atoms with E-state index in [2.05, 4.69) is 41.9 Å².